The lowest BCUT2D eigenvalue weighted by Crippen LogP contribution is -2.10. The summed E-state index contributed by atoms with van der Waals surface area (Å²) < 4.78 is 0. The Bertz CT molecular complexity index is 254. The number of halogens is 1. The average molecular weight is 188 g/mol. The van der Waals surface area contributed by atoms with Crippen LogP contribution in [0.25, 0.3) is 0 Å². The second-order valence-electron chi connectivity index (χ2n) is 3.00. The van der Waals surface area contributed by atoms with Crippen molar-refractivity contribution in [2.45, 2.75) is 18.9 Å². The molecule has 1 fully saturated rings. The van der Waals surface area contributed by atoms with Crippen LogP contribution in [0.15, 0.2) is 11.4 Å². The Balaban J connectivity index is 2.20. The van der Waals surface area contributed by atoms with Crippen LogP contribution in [0.1, 0.15) is 23.8 Å². The SMILES string of the molecule is N[C@@H](c1sccc1Cl)C1CC1. The molecule has 0 amide bonds. The zero-order valence-corrected chi connectivity index (χ0v) is 7.66. The van der Waals surface area contributed by atoms with E-state index >= 15 is 0 Å². The van der Waals surface area contributed by atoms with Crippen molar-refractivity contribution in [3.05, 3.63) is 21.3 Å². The van der Waals surface area contributed by atoms with E-state index in [1.165, 1.54) is 12.8 Å². The second-order valence-corrected chi connectivity index (χ2v) is 4.35. The Morgan fingerprint density at radius 3 is 2.82 bits per heavy atom. The zero-order valence-electron chi connectivity index (χ0n) is 6.09. The third-order valence-corrected chi connectivity index (χ3v) is 3.54. The highest BCUT2D eigenvalue weighted by molar-refractivity contribution is 7.10. The van der Waals surface area contributed by atoms with Gasteiger partial charge in [-0.3, -0.25) is 0 Å². The van der Waals surface area contributed by atoms with Crippen LogP contribution < -0.4 is 5.73 Å². The molecule has 0 radical (unpaired) electrons. The molecular formula is C8H10ClNS. The third-order valence-electron chi connectivity index (χ3n) is 2.08. The summed E-state index contributed by atoms with van der Waals surface area (Å²) in [6, 6.07) is 2.12. The molecule has 1 aromatic heterocycles. The number of rotatable bonds is 2. The summed E-state index contributed by atoms with van der Waals surface area (Å²) in [7, 11) is 0. The molecule has 1 nitrogen and oxygen atoms in total. The minimum atomic E-state index is 0.197. The monoisotopic (exact) mass is 187 g/mol. The molecular weight excluding hydrogens is 178 g/mol. The van der Waals surface area contributed by atoms with Gasteiger partial charge in [-0.25, -0.2) is 0 Å². The summed E-state index contributed by atoms with van der Waals surface area (Å²) in [4.78, 5) is 1.16. The summed E-state index contributed by atoms with van der Waals surface area (Å²) in [5, 5.41) is 2.84. The van der Waals surface area contributed by atoms with Crippen LogP contribution >= 0.6 is 22.9 Å². The summed E-state index contributed by atoms with van der Waals surface area (Å²) in [6.07, 6.45) is 2.55. The molecule has 1 aromatic rings. The van der Waals surface area contributed by atoms with Crippen molar-refractivity contribution in [3.63, 3.8) is 0 Å². The highest BCUT2D eigenvalue weighted by Gasteiger charge is 2.31. The molecule has 1 heterocycles. The van der Waals surface area contributed by atoms with Gasteiger partial charge in [0.2, 0.25) is 0 Å². The van der Waals surface area contributed by atoms with Crippen molar-refractivity contribution in [1.82, 2.24) is 0 Å². The fourth-order valence-electron chi connectivity index (χ4n) is 1.21. The Labute approximate surface area is 75.2 Å². The van der Waals surface area contributed by atoms with Crippen molar-refractivity contribution in [2.75, 3.05) is 0 Å². The fraction of sp³-hybridized carbons (Fsp3) is 0.500. The molecule has 1 saturated carbocycles. The van der Waals surface area contributed by atoms with E-state index in [4.69, 9.17) is 17.3 Å². The minimum absolute atomic E-state index is 0.197. The summed E-state index contributed by atoms with van der Waals surface area (Å²) >= 11 is 7.61. The van der Waals surface area contributed by atoms with E-state index in [9.17, 15) is 0 Å². The normalized spacial score (nSPS) is 20.2. The van der Waals surface area contributed by atoms with Crippen LogP contribution in [-0.4, -0.2) is 0 Å². The molecule has 1 aliphatic carbocycles. The molecule has 2 rings (SSSR count). The number of hydrogen-bond acceptors (Lipinski definition) is 2. The average Bonchev–Trinajstić information content (AvgIpc) is 2.74. The van der Waals surface area contributed by atoms with Crippen LogP contribution in [0.3, 0.4) is 0 Å². The predicted molar refractivity (Wildman–Crippen MR) is 49.0 cm³/mol. The first-order chi connectivity index (χ1) is 5.29. The van der Waals surface area contributed by atoms with Crippen LogP contribution in [0.2, 0.25) is 5.02 Å². The fourth-order valence-corrected chi connectivity index (χ4v) is 2.49. The molecule has 0 saturated heterocycles. The van der Waals surface area contributed by atoms with E-state index in [0.717, 1.165) is 9.90 Å². The highest BCUT2D eigenvalue weighted by atomic mass is 35.5. The molecule has 0 bridgehead atoms. The maximum atomic E-state index is 5.97. The largest absolute Gasteiger partial charge is 0.323 e. The Hall–Kier alpha value is -0.0500. The molecule has 3 heteroatoms. The number of nitrogens with two attached hydrogens (primary N) is 1. The van der Waals surface area contributed by atoms with E-state index in [0.29, 0.717) is 5.92 Å². The standard InChI is InChI=1S/C8H10ClNS/c9-6-3-4-11-8(6)7(10)5-1-2-5/h3-5,7H,1-2,10H2/t7-/m1/s1. The first-order valence-electron chi connectivity index (χ1n) is 3.77. The molecule has 0 aromatic carbocycles. The lowest BCUT2D eigenvalue weighted by atomic mass is 10.2. The van der Waals surface area contributed by atoms with Crippen molar-refractivity contribution in [1.29, 1.82) is 0 Å². The highest BCUT2D eigenvalue weighted by Crippen LogP contribution is 2.43. The minimum Gasteiger partial charge on any atom is -0.323 e. The first kappa shape index (κ1) is 7.59. The van der Waals surface area contributed by atoms with Gasteiger partial charge in [0, 0.05) is 10.9 Å². The van der Waals surface area contributed by atoms with Gasteiger partial charge in [0.25, 0.3) is 0 Å². The van der Waals surface area contributed by atoms with Gasteiger partial charge in [0.1, 0.15) is 0 Å². The van der Waals surface area contributed by atoms with E-state index in [1.54, 1.807) is 11.3 Å². The van der Waals surface area contributed by atoms with Crippen LogP contribution in [-0.2, 0) is 0 Å². The Morgan fingerprint density at radius 2 is 2.36 bits per heavy atom. The van der Waals surface area contributed by atoms with Crippen molar-refractivity contribution in [3.8, 4) is 0 Å². The molecule has 0 unspecified atom stereocenters. The summed E-state index contributed by atoms with van der Waals surface area (Å²) in [5.74, 6) is 0.700. The first-order valence-corrected chi connectivity index (χ1v) is 5.03. The topological polar surface area (TPSA) is 26.0 Å². The lowest BCUT2D eigenvalue weighted by Gasteiger charge is -2.07. The van der Waals surface area contributed by atoms with Crippen molar-refractivity contribution in [2.24, 2.45) is 11.7 Å². The third kappa shape index (κ3) is 1.43. The smallest absolute Gasteiger partial charge is 0.0561 e. The van der Waals surface area contributed by atoms with Crippen molar-refractivity contribution >= 4 is 22.9 Å². The molecule has 11 heavy (non-hydrogen) atoms. The van der Waals surface area contributed by atoms with Gasteiger partial charge < -0.3 is 5.73 Å². The number of thiophene rings is 1. The molecule has 2 N–H and O–H groups in total. The van der Waals surface area contributed by atoms with Crippen LogP contribution in [0, 0.1) is 5.92 Å². The molecule has 60 valence electrons. The van der Waals surface area contributed by atoms with Gasteiger partial charge in [0.15, 0.2) is 0 Å². The summed E-state index contributed by atoms with van der Waals surface area (Å²) in [6.45, 7) is 0. The maximum absolute atomic E-state index is 5.97. The molecule has 1 atom stereocenters. The quantitative estimate of drug-likeness (QED) is 0.757. The van der Waals surface area contributed by atoms with E-state index in [2.05, 4.69) is 0 Å². The molecule has 0 spiro atoms. The molecule has 1 aliphatic rings. The van der Waals surface area contributed by atoms with Crippen LogP contribution in [0.5, 0.6) is 0 Å². The van der Waals surface area contributed by atoms with E-state index in [1.807, 2.05) is 11.4 Å². The maximum Gasteiger partial charge on any atom is 0.0561 e. The van der Waals surface area contributed by atoms with Gasteiger partial charge in [-0.05, 0) is 30.2 Å². The van der Waals surface area contributed by atoms with Gasteiger partial charge in [-0.15, -0.1) is 11.3 Å². The number of hydrogen-bond donors (Lipinski definition) is 1. The van der Waals surface area contributed by atoms with Gasteiger partial charge in [-0.1, -0.05) is 11.6 Å². The van der Waals surface area contributed by atoms with Crippen molar-refractivity contribution < 1.29 is 0 Å². The Kier molecular flexibility index (Phi) is 1.91. The van der Waals surface area contributed by atoms with Gasteiger partial charge >= 0.3 is 0 Å². The lowest BCUT2D eigenvalue weighted by molar-refractivity contribution is 0.645. The van der Waals surface area contributed by atoms with Gasteiger partial charge in [-0.2, -0.15) is 0 Å². The van der Waals surface area contributed by atoms with E-state index < -0.39 is 0 Å². The van der Waals surface area contributed by atoms with E-state index in [-0.39, 0.29) is 6.04 Å². The second kappa shape index (κ2) is 2.77. The van der Waals surface area contributed by atoms with Gasteiger partial charge in [0.05, 0.1) is 5.02 Å². The Morgan fingerprint density at radius 1 is 1.64 bits per heavy atom. The molecule has 0 aliphatic heterocycles. The van der Waals surface area contributed by atoms with Crippen LogP contribution in [0.4, 0.5) is 0 Å². The predicted octanol–water partition coefficient (Wildman–Crippen LogP) is 2.81. The summed E-state index contributed by atoms with van der Waals surface area (Å²) in [5.41, 5.74) is 5.97. The zero-order chi connectivity index (χ0) is 7.84.